The zero-order chi connectivity index (χ0) is 82.0. The number of hydrogen-bond acceptors (Lipinski definition) is 15. The van der Waals surface area contributed by atoms with Crippen molar-refractivity contribution in [3.8, 4) is 0 Å². The lowest BCUT2D eigenvalue weighted by Gasteiger charge is -2.21. The second kappa shape index (κ2) is 84.1. The van der Waals surface area contributed by atoms with Crippen LogP contribution < -0.4 is 0 Å². The fourth-order valence-corrected chi connectivity index (χ4v) is 16.2. The van der Waals surface area contributed by atoms with Gasteiger partial charge in [-0.1, -0.05) is 452 Å². The zero-order valence-corrected chi connectivity index (χ0v) is 75.8. The minimum absolute atomic E-state index is 0.108. The molecule has 0 aliphatic heterocycles. The van der Waals surface area contributed by atoms with Crippen molar-refractivity contribution in [3.05, 3.63) is 0 Å². The van der Waals surface area contributed by atoms with Crippen LogP contribution in [0.25, 0.3) is 0 Å². The Bertz CT molecular complexity index is 2130. The molecule has 0 aromatic heterocycles. The second-order valence-electron chi connectivity index (χ2n) is 34.1. The van der Waals surface area contributed by atoms with Crippen LogP contribution >= 0.6 is 15.6 Å². The summed E-state index contributed by atoms with van der Waals surface area (Å²) in [5.41, 5.74) is 0. The summed E-state index contributed by atoms with van der Waals surface area (Å²) in [7, 11) is -9.94. The van der Waals surface area contributed by atoms with Gasteiger partial charge in [0.05, 0.1) is 26.4 Å². The van der Waals surface area contributed by atoms with Crippen molar-refractivity contribution in [3.63, 3.8) is 0 Å². The van der Waals surface area contributed by atoms with E-state index >= 15 is 0 Å². The third kappa shape index (κ3) is 84.5. The molecule has 666 valence electrons. The Balaban J connectivity index is 5.21. The molecule has 19 heteroatoms. The topological polar surface area (TPSA) is 237 Å². The first kappa shape index (κ1) is 110. The average Bonchev–Trinajstić information content (AvgIpc) is 0.901. The Kier molecular flexibility index (Phi) is 82.6. The van der Waals surface area contributed by atoms with Crippen LogP contribution in [0.5, 0.6) is 0 Å². The van der Waals surface area contributed by atoms with Gasteiger partial charge in [0, 0.05) is 25.7 Å². The Labute approximate surface area is 689 Å². The van der Waals surface area contributed by atoms with Crippen molar-refractivity contribution >= 4 is 39.5 Å². The number of aliphatic hydroxyl groups is 1. The first-order valence-electron chi connectivity index (χ1n) is 48.0. The van der Waals surface area contributed by atoms with Crippen LogP contribution in [0.4, 0.5) is 0 Å². The van der Waals surface area contributed by atoms with Crippen molar-refractivity contribution in [1.82, 2.24) is 0 Å². The van der Waals surface area contributed by atoms with Crippen molar-refractivity contribution in [2.24, 2.45) is 11.8 Å². The van der Waals surface area contributed by atoms with Gasteiger partial charge in [0.2, 0.25) is 0 Å². The second-order valence-corrected chi connectivity index (χ2v) is 37.0. The van der Waals surface area contributed by atoms with Crippen LogP contribution in [0.3, 0.4) is 0 Å². The molecule has 0 fully saturated rings. The van der Waals surface area contributed by atoms with Gasteiger partial charge in [-0.05, 0) is 37.5 Å². The molecule has 3 N–H and O–H groups in total. The highest BCUT2D eigenvalue weighted by Crippen LogP contribution is 2.45. The van der Waals surface area contributed by atoms with Gasteiger partial charge < -0.3 is 33.8 Å². The van der Waals surface area contributed by atoms with Crippen molar-refractivity contribution in [1.29, 1.82) is 0 Å². The zero-order valence-electron chi connectivity index (χ0n) is 74.0. The molecular formula is C93H182O17P2. The molecule has 0 heterocycles. The number of carbonyl (C=O) groups is 4. The number of ether oxygens (including phenoxy) is 4. The van der Waals surface area contributed by atoms with Crippen LogP contribution in [0, 0.1) is 11.8 Å². The molecule has 0 aromatic carbocycles. The molecule has 17 nitrogen and oxygen atoms in total. The Morgan fingerprint density at radius 1 is 0.259 bits per heavy atom. The van der Waals surface area contributed by atoms with Crippen molar-refractivity contribution < 1.29 is 80.2 Å². The molecular weight excluding hydrogens is 1450 g/mol. The summed E-state index contributed by atoms with van der Waals surface area (Å²) in [6, 6.07) is 0. The maximum atomic E-state index is 13.2. The molecule has 0 aliphatic rings. The van der Waals surface area contributed by atoms with Gasteiger partial charge in [0.15, 0.2) is 12.2 Å². The number of rotatable bonds is 92. The van der Waals surface area contributed by atoms with Gasteiger partial charge in [0.1, 0.15) is 19.3 Å². The standard InChI is InChI=1S/C93H182O17P2/c1-7-10-12-14-16-18-20-22-24-26-28-29-31-35-39-43-47-51-57-63-69-75-90(95)103-81-88(109-92(97)77-71-66-59-53-49-45-41-37-33-32-34-38-42-46-50-56-62-68-74-86(6)9-3)83-107-111(99,100)105-79-87(94)80-106-112(101,102)108-84-89(82-104-91(96)76-70-64-60-54-55-61-67-73-85(4)5)110-93(98)78-72-65-58-52-48-44-40-36-30-27-25-23-21-19-17-15-13-11-8-2/h85-89,94H,7-84H2,1-6H3,(H,99,100)(H,101,102)/t86?,87-,88-,89-/m1/s1. The monoisotopic (exact) mass is 1630 g/mol. The lowest BCUT2D eigenvalue weighted by molar-refractivity contribution is -0.161. The SMILES string of the molecule is CCCCCCCCCCCCCCCCCCCCCCCC(=O)OC[C@H](COP(=O)(O)OC[C@@H](O)COP(=O)(O)OC[C@@H](COC(=O)CCCCCCCCCC(C)C)OC(=O)CCCCCCCCCCCCCCCCCCCCC)OC(=O)CCCCCCCCCCCCCCCCCCCCC(C)CC. The molecule has 0 aliphatic carbocycles. The molecule has 0 spiro atoms. The summed E-state index contributed by atoms with van der Waals surface area (Å²) in [6.07, 6.45) is 79.5. The van der Waals surface area contributed by atoms with Gasteiger partial charge in [-0.3, -0.25) is 37.3 Å². The number of esters is 4. The quantitative estimate of drug-likeness (QED) is 0.0222. The fraction of sp³-hybridized carbons (Fsp3) is 0.957. The average molecular weight is 1630 g/mol. The van der Waals surface area contributed by atoms with Crippen LogP contribution in [-0.2, 0) is 65.4 Å². The summed E-state index contributed by atoms with van der Waals surface area (Å²) in [5, 5.41) is 10.7. The van der Waals surface area contributed by atoms with E-state index in [4.69, 9.17) is 37.0 Å². The molecule has 3 unspecified atom stereocenters. The molecule has 0 bridgehead atoms. The fourth-order valence-electron chi connectivity index (χ4n) is 14.6. The number of unbranched alkanes of at least 4 members (excludes halogenated alkanes) is 61. The summed E-state index contributed by atoms with van der Waals surface area (Å²) < 4.78 is 69.1. The highest BCUT2D eigenvalue weighted by molar-refractivity contribution is 7.47. The van der Waals surface area contributed by atoms with Gasteiger partial charge in [-0.15, -0.1) is 0 Å². The van der Waals surface area contributed by atoms with Gasteiger partial charge in [-0.2, -0.15) is 0 Å². The lowest BCUT2D eigenvalue weighted by atomic mass is 9.99. The molecule has 0 amide bonds. The number of phosphoric acid groups is 2. The predicted octanol–water partition coefficient (Wildman–Crippen LogP) is 29.0. The Hall–Kier alpha value is -1.94. The molecule has 0 radical (unpaired) electrons. The van der Waals surface area contributed by atoms with Crippen LogP contribution in [0.1, 0.15) is 504 Å². The van der Waals surface area contributed by atoms with E-state index in [1.54, 1.807) is 0 Å². The van der Waals surface area contributed by atoms with Crippen LogP contribution in [0.2, 0.25) is 0 Å². The minimum atomic E-state index is -4.97. The molecule has 6 atom stereocenters. The summed E-state index contributed by atoms with van der Waals surface area (Å²) in [4.78, 5) is 73.4. The summed E-state index contributed by atoms with van der Waals surface area (Å²) >= 11 is 0. The van der Waals surface area contributed by atoms with Gasteiger partial charge >= 0.3 is 39.5 Å². The van der Waals surface area contributed by atoms with E-state index in [-0.39, 0.29) is 25.7 Å². The maximum absolute atomic E-state index is 13.2. The van der Waals surface area contributed by atoms with Crippen molar-refractivity contribution in [2.45, 2.75) is 522 Å². The third-order valence-electron chi connectivity index (χ3n) is 22.3. The van der Waals surface area contributed by atoms with E-state index in [0.29, 0.717) is 31.6 Å². The Morgan fingerprint density at radius 2 is 0.455 bits per heavy atom. The van der Waals surface area contributed by atoms with Crippen LogP contribution in [0.15, 0.2) is 0 Å². The van der Waals surface area contributed by atoms with E-state index in [1.165, 1.54) is 315 Å². The normalized spacial score (nSPS) is 13.9. The van der Waals surface area contributed by atoms with E-state index in [1.807, 2.05) is 0 Å². The number of hydrogen-bond donors (Lipinski definition) is 3. The highest BCUT2D eigenvalue weighted by atomic mass is 31.2. The first-order valence-corrected chi connectivity index (χ1v) is 51.0. The first-order chi connectivity index (χ1) is 54.4. The smallest absolute Gasteiger partial charge is 0.462 e. The van der Waals surface area contributed by atoms with E-state index < -0.39 is 97.5 Å². The van der Waals surface area contributed by atoms with E-state index in [0.717, 1.165) is 102 Å². The van der Waals surface area contributed by atoms with Gasteiger partial charge in [0.25, 0.3) is 0 Å². The molecule has 0 saturated carbocycles. The Morgan fingerprint density at radius 3 is 0.679 bits per heavy atom. The summed E-state index contributed by atoms with van der Waals surface area (Å²) in [5.74, 6) is -0.520. The number of carbonyl (C=O) groups excluding carboxylic acids is 4. The predicted molar refractivity (Wildman–Crippen MR) is 465 cm³/mol. The molecule has 0 rings (SSSR count). The maximum Gasteiger partial charge on any atom is 0.472 e. The molecule has 0 aromatic rings. The highest BCUT2D eigenvalue weighted by Gasteiger charge is 2.31. The molecule has 0 saturated heterocycles. The lowest BCUT2D eigenvalue weighted by Crippen LogP contribution is -2.30. The van der Waals surface area contributed by atoms with E-state index in [2.05, 4.69) is 41.5 Å². The number of aliphatic hydroxyl groups excluding tert-OH is 1. The number of phosphoric ester groups is 2. The summed E-state index contributed by atoms with van der Waals surface area (Å²) in [6.45, 7) is 9.72. The van der Waals surface area contributed by atoms with Crippen molar-refractivity contribution in [2.75, 3.05) is 39.6 Å². The largest absolute Gasteiger partial charge is 0.472 e. The van der Waals surface area contributed by atoms with Crippen LogP contribution in [-0.4, -0.2) is 96.7 Å². The molecule has 112 heavy (non-hydrogen) atoms. The van der Waals surface area contributed by atoms with Gasteiger partial charge in [-0.25, -0.2) is 9.13 Å². The third-order valence-corrected chi connectivity index (χ3v) is 24.2. The minimum Gasteiger partial charge on any atom is -0.462 e. The van der Waals surface area contributed by atoms with E-state index in [9.17, 15) is 43.2 Å².